The Hall–Kier alpha value is -0.780. The van der Waals surface area contributed by atoms with E-state index in [0.717, 1.165) is 19.3 Å². The highest BCUT2D eigenvalue weighted by Crippen LogP contribution is 1.99. The van der Waals surface area contributed by atoms with E-state index in [1.807, 2.05) is 0 Å². The molecule has 0 spiro atoms. The van der Waals surface area contributed by atoms with Gasteiger partial charge in [0.25, 0.3) is 0 Å². The number of allylic oxidation sites excluding steroid dienone is 6. The molecule has 53 valence electrons. The molecule has 0 heteroatoms. The Kier molecular flexibility index (Phi) is 3.69. The summed E-state index contributed by atoms with van der Waals surface area (Å²) in [5.74, 6) is 0. The van der Waals surface area contributed by atoms with Gasteiger partial charge in [-0.05, 0) is 31.8 Å². The van der Waals surface area contributed by atoms with Crippen molar-refractivity contribution in [1.82, 2.24) is 0 Å². The molecule has 0 aliphatic heterocycles. The van der Waals surface area contributed by atoms with E-state index in [0.29, 0.717) is 0 Å². The Morgan fingerprint density at radius 3 is 2.80 bits per heavy atom. The summed E-state index contributed by atoms with van der Waals surface area (Å²) < 4.78 is 0. The molecule has 1 aliphatic rings. The summed E-state index contributed by atoms with van der Waals surface area (Å²) in [5, 5.41) is 0. The molecular formula is C10H13. The molecule has 0 nitrogen and oxygen atoms in total. The molecule has 10 heavy (non-hydrogen) atoms. The smallest absolute Gasteiger partial charge is 0.00978 e. The Morgan fingerprint density at radius 1 is 0.900 bits per heavy atom. The normalized spacial score (nSPS) is 19.2. The quantitative estimate of drug-likeness (QED) is 0.445. The van der Waals surface area contributed by atoms with Crippen LogP contribution in [0.5, 0.6) is 0 Å². The summed E-state index contributed by atoms with van der Waals surface area (Å²) in [6, 6.07) is 0. The fraction of sp³-hybridized carbons (Fsp3) is 0.400. The van der Waals surface area contributed by atoms with E-state index in [2.05, 4.69) is 36.5 Å². The summed E-state index contributed by atoms with van der Waals surface area (Å²) in [4.78, 5) is 0. The van der Waals surface area contributed by atoms with E-state index in [4.69, 9.17) is 0 Å². The molecule has 1 radical (unpaired) electrons. The molecule has 0 saturated carbocycles. The maximum absolute atomic E-state index is 3.21. The van der Waals surface area contributed by atoms with E-state index < -0.39 is 0 Å². The zero-order valence-corrected chi connectivity index (χ0v) is 6.22. The maximum Gasteiger partial charge on any atom is -0.00978 e. The lowest BCUT2D eigenvalue weighted by Crippen LogP contribution is -1.69. The Labute approximate surface area is 62.9 Å². The Morgan fingerprint density at radius 2 is 1.80 bits per heavy atom. The van der Waals surface area contributed by atoms with Gasteiger partial charge in [0.1, 0.15) is 0 Å². The van der Waals surface area contributed by atoms with E-state index >= 15 is 0 Å². The molecule has 1 rings (SSSR count). The number of hydrogen-bond donors (Lipinski definition) is 0. The predicted octanol–water partition coefficient (Wildman–Crippen LogP) is 3.03. The Bertz CT molecular complexity index is 131. The molecule has 0 bridgehead atoms. The zero-order chi connectivity index (χ0) is 7.07. The molecule has 0 atom stereocenters. The van der Waals surface area contributed by atoms with Gasteiger partial charge in [-0.3, -0.25) is 0 Å². The first-order valence-corrected chi connectivity index (χ1v) is 3.85. The van der Waals surface area contributed by atoms with Crippen LogP contribution in [0.4, 0.5) is 0 Å². The van der Waals surface area contributed by atoms with E-state index in [1.165, 1.54) is 6.42 Å². The van der Waals surface area contributed by atoms with Crippen molar-refractivity contribution in [1.29, 1.82) is 0 Å². The van der Waals surface area contributed by atoms with Crippen molar-refractivity contribution in [2.45, 2.75) is 25.7 Å². The molecule has 0 aromatic rings. The van der Waals surface area contributed by atoms with Gasteiger partial charge in [-0.15, -0.1) is 0 Å². The summed E-state index contributed by atoms with van der Waals surface area (Å²) in [5.41, 5.74) is 0. The van der Waals surface area contributed by atoms with E-state index in [1.54, 1.807) is 0 Å². The van der Waals surface area contributed by atoms with Crippen LogP contribution in [0.1, 0.15) is 25.7 Å². The molecule has 0 unspecified atom stereocenters. The number of hydrogen-bond acceptors (Lipinski definition) is 0. The van der Waals surface area contributed by atoms with Crippen molar-refractivity contribution in [3.63, 3.8) is 0 Å². The topological polar surface area (TPSA) is 0 Å². The first-order chi connectivity index (χ1) is 5.00. The van der Waals surface area contributed by atoms with Crippen LogP contribution in [0.15, 0.2) is 30.4 Å². The fourth-order valence-electron chi connectivity index (χ4n) is 0.905. The fourth-order valence-corrected chi connectivity index (χ4v) is 0.905. The minimum atomic E-state index is 0.980. The third-order valence-corrected chi connectivity index (χ3v) is 1.46. The van der Waals surface area contributed by atoms with E-state index in [9.17, 15) is 0 Å². The summed E-state index contributed by atoms with van der Waals surface area (Å²) >= 11 is 0. The molecule has 0 N–H and O–H groups in total. The second-order valence-electron chi connectivity index (χ2n) is 2.37. The second-order valence-corrected chi connectivity index (χ2v) is 2.37. The van der Waals surface area contributed by atoms with Crippen LogP contribution < -0.4 is 0 Å². The van der Waals surface area contributed by atoms with Gasteiger partial charge in [-0.1, -0.05) is 30.4 Å². The predicted molar refractivity (Wildman–Crippen MR) is 44.6 cm³/mol. The molecule has 0 saturated heterocycles. The van der Waals surface area contributed by atoms with Gasteiger partial charge >= 0.3 is 0 Å². The summed E-state index contributed by atoms with van der Waals surface area (Å²) in [6.07, 6.45) is 18.5. The molecule has 0 amide bonds. The second kappa shape index (κ2) is 5.04. The third-order valence-electron chi connectivity index (χ3n) is 1.46. The molecule has 0 heterocycles. The molecule has 1 aliphatic carbocycles. The average molecular weight is 133 g/mol. The highest BCUT2D eigenvalue weighted by molar-refractivity contribution is 4.97. The zero-order valence-electron chi connectivity index (χ0n) is 6.22. The lowest BCUT2D eigenvalue weighted by Gasteiger charge is -1.89. The monoisotopic (exact) mass is 133 g/mol. The molecule has 0 fully saturated rings. The van der Waals surface area contributed by atoms with Gasteiger partial charge in [0.15, 0.2) is 0 Å². The molecule has 0 aromatic heterocycles. The summed E-state index contributed by atoms with van der Waals surface area (Å²) in [7, 11) is 0. The van der Waals surface area contributed by atoms with Gasteiger partial charge in [-0.25, -0.2) is 0 Å². The first-order valence-electron chi connectivity index (χ1n) is 3.85. The SMILES string of the molecule is [C]1=CCCC=CCC=CC1. The minimum Gasteiger partial charge on any atom is -0.0879 e. The average Bonchev–Trinajstić information content (AvgIpc) is 2.01. The van der Waals surface area contributed by atoms with Gasteiger partial charge in [0.05, 0.1) is 0 Å². The van der Waals surface area contributed by atoms with Crippen molar-refractivity contribution < 1.29 is 0 Å². The van der Waals surface area contributed by atoms with E-state index in [-0.39, 0.29) is 0 Å². The van der Waals surface area contributed by atoms with Crippen LogP contribution >= 0.6 is 0 Å². The molecule has 0 aromatic carbocycles. The van der Waals surface area contributed by atoms with Crippen LogP contribution in [-0.4, -0.2) is 0 Å². The highest BCUT2D eigenvalue weighted by Gasteiger charge is 1.79. The summed E-state index contributed by atoms with van der Waals surface area (Å²) in [6.45, 7) is 0. The van der Waals surface area contributed by atoms with Crippen molar-refractivity contribution in [2.75, 3.05) is 0 Å². The van der Waals surface area contributed by atoms with Crippen LogP contribution in [0.25, 0.3) is 0 Å². The standard InChI is InChI=1S/C10H13/c1-2-4-6-8-10-9-7-5-3-1/h1-2,5,7-8H,3-4,6,9H2. The van der Waals surface area contributed by atoms with Crippen LogP contribution in [0.2, 0.25) is 0 Å². The van der Waals surface area contributed by atoms with Gasteiger partial charge in [0.2, 0.25) is 0 Å². The lowest BCUT2D eigenvalue weighted by atomic mass is 10.2. The van der Waals surface area contributed by atoms with Crippen molar-refractivity contribution in [3.05, 3.63) is 36.5 Å². The van der Waals surface area contributed by atoms with Crippen molar-refractivity contribution in [2.24, 2.45) is 0 Å². The Balaban J connectivity index is 2.38. The minimum absolute atomic E-state index is 0.980. The highest BCUT2D eigenvalue weighted by atomic mass is 13.9. The lowest BCUT2D eigenvalue weighted by molar-refractivity contribution is 1.02. The maximum atomic E-state index is 3.21. The van der Waals surface area contributed by atoms with Crippen LogP contribution in [0, 0.1) is 6.08 Å². The molecular weight excluding hydrogens is 120 g/mol. The van der Waals surface area contributed by atoms with Crippen molar-refractivity contribution in [3.8, 4) is 0 Å². The third kappa shape index (κ3) is 3.29. The largest absolute Gasteiger partial charge is 0.0879 e. The number of rotatable bonds is 0. The van der Waals surface area contributed by atoms with Gasteiger partial charge < -0.3 is 0 Å². The van der Waals surface area contributed by atoms with Gasteiger partial charge in [-0.2, -0.15) is 0 Å². The van der Waals surface area contributed by atoms with Crippen molar-refractivity contribution >= 4 is 0 Å². The van der Waals surface area contributed by atoms with Gasteiger partial charge in [0, 0.05) is 0 Å². The van der Waals surface area contributed by atoms with Crippen LogP contribution in [-0.2, 0) is 0 Å². The first kappa shape index (κ1) is 7.33. The van der Waals surface area contributed by atoms with Crippen LogP contribution in [0.3, 0.4) is 0 Å².